The van der Waals surface area contributed by atoms with E-state index in [-0.39, 0.29) is 6.61 Å². The van der Waals surface area contributed by atoms with Gasteiger partial charge in [-0.2, -0.15) is 0 Å². The molecule has 0 saturated carbocycles. The number of hydrogen-bond acceptors (Lipinski definition) is 4. The summed E-state index contributed by atoms with van der Waals surface area (Å²) < 4.78 is 0. The molecule has 0 aliphatic rings. The van der Waals surface area contributed by atoms with Gasteiger partial charge in [0.2, 0.25) is 0 Å². The van der Waals surface area contributed by atoms with Crippen LogP contribution in [0.4, 0.5) is 0 Å². The summed E-state index contributed by atoms with van der Waals surface area (Å²) in [6.45, 7) is 7.49. The van der Waals surface area contributed by atoms with Crippen LogP contribution in [-0.2, 0) is 6.54 Å². The second-order valence-electron chi connectivity index (χ2n) is 4.10. The van der Waals surface area contributed by atoms with E-state index in [0.29, 0.717) is 12.0 Å². The molecular formula is C11H20N2OS. The van der Waals surface area contributed by atoms with E-state index in [1.165, 1.54) is 4.88 Å². The lowest BCUT2D eigenvalue weighted by Gasteiger charge is -2.21. The second-order valence-corrected chi connectivity index (χ2v) is 5.04. The van der Waals surface area contributed by atoms with Crippen molar-refractivity contribution in [3.8, 4) is 0 Å². The third-order valence-electron chi connectivity index (χ3n) is 2.61. The van der Waals surface area contributed by atoms with Crippen LogP contribution in [0.3, 0.4) is 0 Å². The number of aryl methyl sites for hydroxylation is 1. The van der Waals surface area contributed by atoms with E-state index < -0.39 is 0 Å². The Kier molecular flexibility index (Phi) is 5.22. The summed E-state index contributed by atoms with van der Waals surface area (Å²) >= 11 is 1.69. The van der Waals surface area contributed by atoms with Gasteiger partial charge in [-0.3, -0.25) is 0 Å². The molecule has 15 heavy (non-hydrogen) atoms. The molecule has 0 aromatic carbocycles. The van der Waals surface area contributed by atoms with E-state index in [2.05, 4.69) is 24.1 Å². The van der Waals surface area contributed by atoms with E-state index in [0.717, 1.165) is 18.7 Å². The van der Waals surface area contributed by atoms with Crippen molar-refractivity contribution in [2.75, 3.05) is 6.61 Å². The fourth-order valence-electron chi connectivity index (χ4n) is 1.53. The number of hydrogen-bond donors (Lipinski definition) is 2. The van der Waals surface area contributed by atoms with Gasteiger partial charge in [0.05, 0.1) is 11.2 Å². The van der Waals surface area contributed by atoms with Gasteiger partial charge >= 0.3 is 0 Å². The highest BCUT2D eigenvalue weighted by atomic mass is 32.1. The molecule has 0 saturated heterocycles. The normalized spacial score (nSPS) is 13.4. The maximum Gasteiger partial charge on any atom is 0.0798 e. The average Bonchev–Trinajstić information content (AvgIpc) is 2.58. The molecule has 86 valence electrons. The molecule has 1 rings (SSSR count). The molecule has 0 fully saturated rings. The van der Waals surface area contributed by atoms with E-state index in [9.17, 15) is 0 Å². The fraction of sp³-hybridized carbons (Fsp3) is 0.727. The topological polar surface area (TPSA) is 45.2 Å². The Balaban J connectivity index is 2.43. The highest BCUT2D eigenvalue weighted by Crippen LogP contribution is 2.13. The van der Waals surface area contributed by atoms with Gasteiger partial charge in [0.1, 0.15) is 0 Å². The van der Waals surface area contributed by atoms with Crippen LogP contribution in [0.1, 0.15) is 30.8 Å². The molecule has 3 nitrogen and oxygen atoms in total. The monoisotopic (exact) mass is 228 g/mol. The van der Waals surface area contributed by atoms with Crippen molar-refractivity contribution in [2.24, 2.45) is 5.92 Å². The Morgan fingerprint density at radius 2 is 2.27 bits per heavy atom. The first-order chi connectivity index (χ1) is 7.15. The smallest absolute Gasteiger partial charge is 0.0798 e. The van der Waals surface area contributed by atoms with Gasteiger partial charge in [0.25, 0.3) is 0 Å². The number of nitrogens with one attached hydrogen (secondary N) is 1. The Labute approximate surface area is 95.6 Å². The summed E-state index contributed by atoms with van der Waals surface area (Å²) in [7, 11) is 0. The molecular weight excluding hydrogens is 208 g/mol. The number of aromatic nitrogens is 1. The minimum atomic E-state index is 0.248. The number of thiazole rings is 1. The highest BCUT2D eigenvalue weighted by molar-refractivity contribution is 7.09. The van der Waals surface area contributed by atoms with E-state index in [1.54, 1.807) is 11.3 Å². The van der Waals surface area contributed by atoms with Crippen LogP contribution >= 0.6 is 11.3 Å². The summed E-state index contributed by atoms with van der Waals surface area (Å²) in [5.74, 6) is 0.547. The molecule has 1 atom stereocenters. The molecule has 0 aliphatic heterocycles. The fourth-order valence-corrected chi connectivity index (χ4v) is 2.26. The lowest BCUT2D eigenvalue weighted by atomic mass is 10.0. The van der Waals surface area contributed by atoms with Crippen LogP contribution in [0, 0.1) is 12.8 Å². The first-order valence-corrected chi connectivity index (χ1v) is 6.26. The van der Waals surface area contributed by atoms with Crippen molar-refractivity contribution >= 4 is 11.3 Å². The molecule has 1 heterocycles. The molecule has 2 N–H and O–H groups in total. The first-order valence-electron chi connectivity index (χ1n) is 5.38. The van der Waals surface area contributed by atoms with Gasteiger partial charge in [-0.05, 0) is 19.3 Å². The predicted octanol–water partition coefficient (Wildman–Crippen LogP) is 1.95. The number of aliphatic hydroxyl groups is 1. The van der Waals surface area contributed by atoms with Gasteiger partial charge in [-0.1, -0.05) is 13.8 Å². The second kappa shape index (κ2) is 6.20. The quantitative estimate of drug-likeness (QED) is 0.782. The highest BCUT2D eigenvalue weighted by Gasteiger charge is 2.12. The van der Waals surface area contributed by atoms with Gasteiger partial charge in [0.15, 0.2) is 0 Å². The summed E-state index contributed by atoms with van der Waals surface area (Å²) in [6.07, 6.45) is 0.815. The van der Waals surface area contributed by atoms with Crippen molar-refractivity contribution in [3.63, 3.8) is 0 Å². The maximum atomic E-state index is 8.95. The molecule has 1 unspecified atom stereocenters. The summed E-state index contributed by atoms with van der Waals surface area (Å²) in [5, 5.41) is 12.4. The van der Waals surface area contributed by atoms with Gasteiger partial charge in [-0.15, -0.1) is 11.3 Å². The molecule has 0 bridgehead atoms. The third kappa shape index (κ3) is 3.89. The molecule has 0 aliphatic carbocycles. The Bertz CT molecular complexity index is 286. The SMILES string of the molecule is Cc1ncsc1CNC(CCO)C(C)C. The van der Waals surface area contributed by atoms with E-state index >= 15 is 0 Å². The zero-order valence-electron chi connectivity index (χ0n) is 9.66. The van der Waals surface area contributed by atoms with Crippen LogP contribution in [0.5, 0.6) is 0 Å². The zero-order valence-corrected chi connectivity index (χ0v) is 10.5. The Hall–Kier alpha value is -0.450. The summed E-state index contributed by atoms with van der Waals surface area (Å²) in [6, 6.07) is 0.386. The third-order valence-corrected chi connectivity index (χ3v) is 3.55. The zero-order chi connectivity index (χ0) is 11.3. The molecule has 0 spiro atoms. The minimum absolute atomic E-state index is 0.248. The van der Waals surface area contributed by atoms with Crippen LogP contribution in [-0.4, -0.2) is 22.7 Å². The molecule has 1 aromatic heterocycles. The van der Waals surface area contributed by atoms with E-state index in [1.807, 2.05) is 12.4 Å². The van der Waals surface area contributed by atoms with Crippen LogP contribution in [0.25, 0.3) is 0 Å². The molecule has 1 aromatic rings. The number of nitrogens with zero attached hydrogens (tertiary/aromatic N) is 1. The number of rotatable bonds is 6. The van der Waals surface area contributed by atoms with Crippen molar-refractivity contribution in [2.45, 2.75) is 39.8 Å². The van der Waals surface area contributed by atoms with Gasteiger partial charge in [0, 0.05) is 24.1 Å². The Morgan fingerprint density at radius 1 is 1.53 bits per heavy atom. The molecule has 4 heteroatoms. The van der Waals surface area contributed by atoms with Crippen molar-refractivity contribution in [1.29, 1.82) is 0 Å². The van der Waals surface area contributed by atoms with Crippen LogP contribution < -0.4 is 5.32 Å². The van der Waals surface area contributed by atoms with Crippen LogP contribution in [0.2, 0.25) is 0 Å². The average molecular weight is 228 g/mol. The van der Waals surface area contributed by atoms with Crippen molar-refractivity contribution in [1.82, 2.24) is 10.3 Å². The van der Waals surface area contributed by atoms with Crippen LogP contribution in [0.15, 0.2) is 5.51 Å². The predicted molar refractivity (Wildman–Crippen MR) is 64.0 cm³/mol. The maximum absolute atomic E-state index is 8.95. The molecule has 0 amide bonds. The number of aliphatic hydroxyl groups excluding tert-OH is 1. The summed E-state index contributed by atoms with van der Waals surface area (Å²) in [5.41, 5.74) is 2.99. The van der Waals surface area contributed by atoms with E-state index in [4.69, 9.17) is 5.11 Å². The standard InChI is InChI=1S/C11H20N2OS/c1-8(2)10(4-5-14)12-6-11-9(3)13-7-15-11/h7-8,10,12,14H,4-6H2,1-3H3. The Morgan fingerprint density at radius 3 is 2.73 bits per heavy atom. The lowest BCUT2D eigenvalue weighted by Crippen LogP contribution is -2.34. The van der Waals surface area contributed by atoms with Gasteiger partial charge in [-0.25, -0.2) is 4.98 Å². The van der Waals surface area contributed by atoms with Crippen molar-refractivity contribution in [3.05, 3.63) is 16.1 Å². The first kappa shape index (κ1) is 12.6. The summed E-state index contributed by atoms with van der Waals surface area (Å²) in [4.78, 5) is 5.50. The minimum Gasteiger partial charge on any atom is -0.396 e. The lowest BCUT2D eigenvalue weighted by molar-refractivity contribution is 0.244. The van der Waals surface area contributed by atoms with Gasteiger partial charge < -0.3 is 10.4 Å². The van der Waals surface area contributed by atoms with Crippen molar-refractivity contribution < 1.29 is 5.11 Å². The largest absolute Gasteiger partial charge is 0.396 e. The molecule has 0 radical (unpaired) electrons.